The molecule has 0 saturated heterocycles. The van der Waals surface area contributed by atoms with Crippen LogP contribution in [0, 0.1) is 0 Å². The minimum atomic E-state index is -0.177. The molecule has 1 aromatic heterocycles. The van der Waals surface area contributed by atoms with Gasteiger partial charge in [0.2, 0.25) is 0 Å². The summed E-state index contributed by atoms with van der Waals surface area (Å²) >= 11 is 0. The highest BCUT2D eigenvalue weighted by atomic mass is 16.5. The lowest BCUT2D eigenvalue weighted by Crippen LogP contribution is -2.26. The molecule has 0 aliphatic heterocycles. The lowest BCUT2D eigenvalue weighted by atomic mass is 9.97. The first-order valence-electron chi connectivity index (χ1n) is 9.52. The van der Waals surface area contributed by atoms with Gasteiger partial charge >= 0.3 is 0 Å². The molecule has 2 N–H and O–H groups in total. The Morgan fingerprint density at radius 3 is 2.78 bits per heavy atom. The molecule has 2 aromatic rings. The Hall–Kier alpha value is -2.89. The number of ether oxygens (including phenoxy) is 1. The molecule has 0 atom stereocenters. The van der Waals surface area contributed by atoms with E-state index in [1.807, 2.05) is 31.2 Å². The largest absolute Gasteiger partial charge is 0.494 e. The summed E-state index contributed by atoms with van der Waals surface area (Å²) in [5.74, 6) is 1.22. The minimum absolute atomic E-state index is 0.177. The Labute approximate surface area is 160 Å². The number of hydrogen-bond acceptors (Lipinski definition) is 5. The molecule has 0 saturated carbocycles. The van der Waals surface area contributed by atoms with E-state index >= 15 is 0 Å². The van der Waals surface area contributed by atoms with E-state index in [4.69, 9.17) is 4.74 Å². The maximum Gasteiger partial charge on any atom is 0.270 e. The van der Waals surface area contributed by atoms with E-state index in [0.29, 0.717) is 24.7 Å². The lowest BCUT2D eigenvalue weighted by Gasteiger charge is -2.13. The SMILES string of the molecule is CCOc1ccc(Nc2cc(C(=O)NCCC3=CCCCC3)ncn2)cc1. The molecule has 142 valence electrons. The Bertz CT molecular complexity index is 787. The van der Waals surface area contributed by atoms with Crippen molar-refractivity contribution in [2.45, 2.75) is 39.0 Å². The Morgan fingerprint density at radius 2 is 2.04 bits per heavy atom. The van der Waals surface area contributed by atoms with Crippen molar-refractivity contribution >= 4 is 17.4 Å². The second-order valence-corrected chi connectivity index (χ2v) is 6.48. The van der Waals surface area contributed by atoms with Gasteiger partial charge in [-0.1, -0.05) is 11.6 Å². The topological polar surface area (TPSA) is 76.1 Å². The number of anilines is 2. The molecule has 0 spiro atoms. The standard InChI is InChI=1S/C21H26N4O2/c1-2-27-18-10-8-17(9-11-18)25-20-14-19(23-15-24-20)21(26)22-13-12-16-6-4-3-5-7-16/h6,8-11,14-15H,2-5,7,12-13H2,1H3,(H,22,26)(H,23,24,25). The summed E-state index contributed by atoms with van der Waals surface area (Å²) in [6.45, 7) is 3.22. The summed E-state index contributed by atoms with van der Waals surface area (Å²) in [4.78, 5) is 20.6. The fourth-order valence-electron chi connectivity index (χ4n) is 3.06. The second kappa shape index (κ2) is 9.71. The van der Waals surface area contributed by atoms with E-state index in [1.54, 1.807) is 6.07 Å². The van der Waals surface area contributed by atoms with E-state index in [-0.39, 0.29) is 5.91 Å². The van der Waals surface area contributed by atoms with Crippen LogP contribution in [0.15, 0.2) is 48.3 Å². The molecule has 0 fully saturated rings. The van der Waals surface area contributed by atoms with Crippen molar-refractivity contribution in [2.75, 3.05) is 18.5 Å². The molecule has 27 heavy (non-hydrogen) atoms. The molecule has 1 amide bonds. The normalized spacial score (nSPS) is 13.6. The lowest BCUT2D eigenvalue weighted by molar-refractivity contribution is 0.0949. The summed E-state index contributed by atoms with van der Waals surface area (Å²) in [5.41, 5.74) is 2.67. The molecule has 0 radical (unpaired) electrons. The van der Waals surface area contributed by atoms with Crippen LogP contribution in [0.3, 0.4) is 0 Å². The quantitative estimate of drug-likeness (QED) is 0.684. The number of benzene rings is 1. The highest BCUT2D eigenvalue weighted by molar-refractivity contribution is 5.92. The van der Waals surface area contributed by atoms with E-state index in [2.05, 4.69) is 26.7 Å². The van der Waals surface area contributed by atoms with E-state index < -0.39 is 0 Å². The van der Waals surface area contributed by atoms with Crippen LogP contribution >= 0.6 is 0 Å². The number of allylic oxidation sites excluding steroid dienone is 1. The van der Waals surface area contributed by atoms with Crippen molar-refractivity contribution in [2.24, 2.45) is 0 Å². The van der Waals surface area contributed by atoms with Crippen LogP contribution in [0.5, 0.6) is 5.75 Å². The number of hydrogen-bond donors (Lipinski definition) is 2. The Balaban J connectivity index is 1.54. The molecule has 6 nitrogen and oxygen atoms in total. The zero-order valence-corrected chi connectivity index (χ0v) is 15.7. The first kappa shape index (κ1) is 18.9. The third-order valence-electron chi connectivity index (χ3n) is 4.45. The van der Waals surface area contributed by atoms with Gasteiger partial charge in [0.05, 0.1) is 6.61 Å². The Kier molecular flexibility index (Phi) is 6.79. The van der Waals surface area contributed by atoms with Crippen LogP contribution in [0.2, 0.25) is 0 Å². The third kappa shape index (κ3) is 5.81. The number of aromatic nitrogens is 2. The molecular formula is C21H26N4O2. The molecule has 3 rings (SSSR count). The molecule has 1 aromatic carbocycles. The predicted molar refractivity (Wildman–Crippen MR) is 106 cm³/mol. The first-order valence-corrected chi connectivity index (χ1v) is 9.52. The van der Waals surface area contributed by atoms with Crippen molar-refractivity contribution in [3.05, 3.63) is 54.0 Å². The zero-order chi connectivity index (χ0) is 18.9. The summed E-state index contributed by atoms with van der Waals surface area (Å²) in [6.07, 6.45) is 9.46. The van der Waals surface area contributed by atoms with Gasteiger partial charge in [0.1, 0.15) is 23.6 Å². The summed E-state index contributed by atoms with van der Waals surface area (Å²) in [6, 6.07) is 9.25. The van der Waals surface area contributed by atoms with Crippen LogP contribution in [0.1, 0.15) is 49.5 Å². The predicted octanol–water partition coefficient (Wildman–Crippen LogP) is 4.24. The number of amides is 1. The highest BCUT2D eigenvalue weighted by Gasteiger charge is 2.10. The van der Waals surface area contributed by atoms with Crippen LogP contribution < -0.4 is 15.4 Å². The second-order valence-electron chi connectivity index (χ2n) is 6.48. The van der Waals surface area contributed by atoms with Crippen molar-refractivity contribution in [1.82, 2.24) is 15.3 Å². The molecule has 1 aliphatic carbocycles. The third-order valence-corrected chi connectivity index (χ3v) is 4.45. The Morgan fingerprint density at radius 1 is 1.19 bits per heavy atom. The highest BCUT2D eigenvalue weighted by Crippen LogP contribution is 2.20. The van der Waals surface area contributed by atoms with Crippen LogP contribution in [-0.2, 0) is 0 Å². The maximum atomic E-state index is 12.3. The summed E-state index contributed by atoms with van der Waals surface area (Å²) in [5, 5.41) is 6.12. The molecule has 6 heteroatoms. The van der Waals surface area contributed by atoms with Gasteiger partial charge in [-0.2, -0.15) is 0 Å². The van der Waals surface area contributed by atoms with Gasteiger partial charge in [-0.05, 0) is 63.3 Å². The molecule has 0 bridgehead atoms. The fraction of sp³-hybridized carbons (Fsp3) is 0.381. The summed E-state index contributed by atoms with van der Waals surface area (Å²) < 4.78 is 5.43. The van der Waals surface area contributed by atoms with Gasteiger partial charge in [0.15, 0.2) is 0 Å². The number of nitrogens with one attached hydrogen (secondary N) is 2. The molecular weight excluding hydrogens is 340 g/mol. The van der Waals surface area contributed by atoms with Gasteiger partial charge in [-0.3, -0.25) is 4.79 Å². The number of rotatable bonds is 8. The van der Waals surface area contributed by atoms with Gasteiger partial charge in [-0.25, -0.2) is 9.97 Å². The fourth-order valence-corrected chi connectivity index (χ4v) is 3.06. The van der Waals surface area contributed by atoms with Crippen LogP contribution in [-0.4, -0.2) is 29.0 Å². The van der Waals surface area contributed by atoms with Gasteiger partial charge < -0.3 is 15.4 Å². The van der Waals surface area contributed by atoms with Crippen LogP contribution in [0.4, 0.5) is 11.5 Å². The number of carbonyl (C=O) groups excluding carboxylic acids is 1. The van der Waals surface area contributed by atoms with Gasteiger partial charge in [-0.15, -0.1) is 0 Å². The smallest absolute Gasteiger partial charge is 0.270 e. The van der Waals surface area contributed by atoms with Gasteiger partial charge in [0, 0.05) is 18.3 Å². The van der Waals surface area contributed by atoms with Gasteiger partial charge in [0.25, 0.3) is 5.91 Å². The van der Waals surface area contributed by atoms with E-state index in [9.17, 15) is 4.79 Å². The maximum absolute atomic E-state index is 12.3. The number of carbonyl (C=O) groups is 1. The van der Waals surface area contributed by atoms with E-state index in [0.717, 1.165) is 30.7 Å². The molecule has 1 aliphatic rings. The van der Waals surface area contributed by atoms with Crippen molar-refractivity contribution in [1.29, 1.82) is 0 Å². The van der Waals surface area contributed by atoms with E-state index in [1.165, 1.54) is 24.7 Å². The van der Waals surface area contributed by atoms with Crippen molar-refractivity contribution in [3.8, 4) is 5.75 Å². The zero-order valence-electron chi connectivity index (χ0n) is 15.7. The minimum Gasteiger partial charge on any atom is -0.494 e. The molecule has 1 heterocycles. The average Bonchev–Trinajstić information content (AvgIpc) is 2.71. The first-order chi connectivity index (χ1) is 13.2. The van der Waals surface area contributed by atoms with Crippen LogP contribution in [0.25, 0.3) is 0 Å². The van der Waals surface area contributed by atoms with Crippen molar-refractivity contribution in [3.63, 3.8) is 0 Å². The monoisotopic (exact) mass is 366 g/mol. The average molecular weight is 366 g/mol. The molecule has 0 unspecified atom stereocenters. The summed E-state index contributed by atoms with van der Waals surface area (Å²) in [7, 11) is 0. The van der Waals surface area contributed by atoms with Crippen molar-refractivity contribution < 1.29 is 9.53 Å². The number of nitrogens with zero attached hydrogens (tertiary/aromatic N) is 2.